The number of aromatic nitrogens is 1. The Bertz CT molecular complexity index is 626. The Balaban J connectivity index is 2.08. The number of carbonyl (C=O) groups is 1. The van der Waals surface area contributed by atoms with Gasteiger partial charge in [-0.3, -0.25) is 9.19 Å². The van der Waals surface area contributed by atoms with Crippen LogP contribution in [0.15, 0.2) is 47.5 Å². The molecule has 0 spiro atoms. The number of pyridine rings is 1. The number of esters is 1. The van der Waals surface area contributed by atoms with E-state index in [9.17, 15) is 13.4 Å². The molecule has 1 heterocycles. The van der Waals surface area contributed by atoms with Crippen molar-refractivity contribution in [2.45, 2.75) is 10.6 Å². The van der Waals surface area contributed by atoms with Crippen molar-refractivity contribution in [2.75, 3.05) is 7.11 Å². The summed E-state index contributed by atoms with van der Waals surface area (Å²) in [6.45, 7) is 0. The molecule has 1 atom stereocenters. The third kappa shape index (κ3) is 3.48. The molecule has 1 aromatic carbocycles. The number of ether oxygens (including phenoxy) is 1. The van der Waals surface area contributed by atoms with Crippen molar-refractivity contribution in [3.05, 3.63) is 59.7 Å². The van der Waals surface area contributed by atoms with Crippen molar-refractivity contribution in [1.29, 1.82) is 0 Å². The smallest absolute Gasteiger partial charge is 0.339 e. The molecule has 0 radical (unpaired) electrons. The minimum Gasteiger partial charge on any atom is -0.465 e. The number of methoxy groups -OCH3 is 1. The second kappa shape index (κ2) is 6.38. The minimum absolute atomic E-state index is 0.201. The van der Waals surface area contributed by atoms with Crippen LogP contribution in [0.4, 0.5) is 4.39 Å². The van der Waals surface area contributed by atoms with E-state index in [1.165, 1.54) is 37.6 Å². The van der Waals surface area contributed by atoms with E-state index in [2.05, 4.69) is 9.72 Å². The molecular weight excluding hydrogens is 281 g/mol. The van der Waals surface area contributed by atoms with Crippen LogP contribution in [0.3, 0.4) is 0 Å². The van der Waals surface area contributed by atoms with Crippen LogP contribution < -0.4 is 0 Å². The number of nitrogens with zero attached hydrogens (tertiary/aromatic N) is 1. The molecule has 2 aromatic rings. The first-order valence-corrected chi connectivity index (χ1v) is 7.09. The standard InChI is InChI=1S/C14H12FNO3S/c1-19-14(17)10-2-5-12(16-8-10)9-20(18)13-6-3-11(15)4-7-13/h2-8H,9H2,1H3. The predicted octanol–water partition coefficient (Wildman–Crippen LogP) is 2.32. The quantitative estimate of drug-likeness (QED) is 0.812. The Morgan fingerprint density at radius 3 is 2.50 bits per heavy atom. The van der Waals surface area contributed by atoms with Crippen molar-refractivity contribution in [3.63, 3.8) is 0 Å². The van der Waals surface area contributed by atoms with E-state index in [-0.39, 0.29) is 11.6 Å². The van der Waals surface area contributed by atoms with Gasteiger partial charge in [-0.05, 0) is 36.4 Å². The van der Waals surface area contributed by atoms with Crippen LogP contribution in [0.5, 0.6) is 0 Å². The fourth-order valence-corrected chi connectivity index (χ4v) is 2.60. The molecule has 1 unspecified atom stereocenters. The fraction of sp³-hybridized carbons (Fsp3) is 0.143. The van der Waals surface area contributed by atoms with Gasteiger partial charge in [-0.15, -0.1) is 0 Å². The summed E-state index contributed by atoms with van der Waals surface area (Å²) in [6, 6.07) is 8.67. The Labute approximate surface area is 118 Å². The van der Waals surface area contributed by atoms with Crippen molar-refractivity contribution in [3.8, 4) is 0 Å². The lowest BCUT2D eigenvalue weighted by Gasteiger charge is -2.03. The first kappa shape index (κ1) is 14.3. The Morgan fingerprint density at radius 2 is 1.95 bits per heavy atom. The summed E-state index contributed by atoms with van der Waals surface area (Å²) in [6.07, 6.45) is 1.38. The Kier molecular flexibility index (Phi) is 4.57. The fourth-order valence-electron chi connectivity index (χ4n) is 1.55. The lowest BCUT2D eigenvalue weighted by molar-refractivity contribution is 0.0600. The number of carbonyl (C=O) groups excluding carboxylic acids is 1. The van der Waals surface area contributed by atoms with Crippen LogP contribution in [0.1, 0.15) is 16.1 Å². The average molecular weight is 293 g/mol. The number of halogens is 1. The number of hydrogen-bond donors (Lipinski definition) is 0. The van der Waals surface area contributed by atoms with Crippen LogP contribution in [-0.2, 0) is 21.3 Å². The van der Waals surface area contributed by atoms with E-state index in [0.717, 1.165) is 0 Å². The van der Waals surface area contributed by atoms with E-state index >= 15 is 0 Å². The van der Waals surface area contributed by atoms with Gasteiger partial charge in [0.1, 0.15) is 5.82 Å². The van der Waals surface area contributed by atoms with E-state index in [0.29, 0.717) is 16.2 Å². The third-order valence-corrected chi connectivity index (χ3v) is 3.96. The maximum atomic E-state index is 12.8. The summed E-state index contributed by atoms with van der Waals surface area (Å²) >= 11 is 0. The summed E-state index contributed by atoms with van der Waals surface area (Å²) in [4.78, 5) is 15.8. The molecule has 0 saturated carbocycles. The average Bonchev–Trinajstić information content (AvgIpc) is 2.48. The van der Waals surface area contributed by atoms with Gasteiger partial charge >= 0.3 is 5.97 Å². The van der Waals surface area contributed by atoms with Gasteiger partial charge in [-0.1, -0.05) is 0 Å². The number of rotatable bonds is 4. The lowest BCUT2D eigenvalue weighted by Crippen LogP contribution is -2.04. The van der Waals surface area contributed by atoms with Crippen molar-refractivity contribution < 1.29 is 18.1 Å². The molecule has 0 aliphatic rings. The van der Waals surface area contributed by atoms with Crippen molar-refractivity contribution in [2.24, 2.45) is 0 Å². The Morgan fingerprint density at radius 1 is 1.25 bits per heavy atom. The van der Waals surface area contributed by atoms with Gasteiger partial charge in [0.05, 0.1) is 34.9 Å². The maximum absolute atomic E-state index is 12.8. The summed E-state index contributed by atoms with van der Waals surface area (Å²) in [5, 5.41) is 0. The molecule has 0 aliphatic carbocycles. The highest BCUT2D eigenvalue weighted by atomic mass is 32.2. The molecule has 0 N–H and O–H groups in total. The second-order valence-electron chi connectivity index (χ2n) is 3.97. The van der Waals surface area contributed by atoms with Gasteiger partial charge in [-0.25, -0.2) is 9.18 Å². The summed E-state index contributed by atoms with van der Waals surface area (Å²) in [5.74, 6) is -0.636. The molecule has 0 fully saturated rings. The summed E-state index contributed by atoms with van der Waals surface area (Å²) < 4.78 is 29.4. The second-order valence-corrected chi connectivity index (χ2v) is 5.42. The van der Waals surface area contributed by atoms with E-state index in [1.54, 1.807) is 12.1 Å². The lowest BCUT2D eigenvalue weighted by atomic mass is 10.2. The normalized spacial score (nSPS) is 11.9. The van der Waals surface area contributed by atoms with Gasteiger partial charge in [-0.2, -0.15) is 0 Å². The molecule has 2 rings (SSSR count). The zero-order chi connectivity index (χ0) is 14.5. The predicted molar refractivity (Wildman–Crippen MR) is 72.1 cm³/mol. The van der Waals surface area contributed by atoms with Gasteiger partial charge in [0.15, 0.2) is 0 Å². The molecule has 1 aromatic heterocycles. The molecule has 0 bridgehead atoms. The monoisotopic (exact) mass is 293 g/mol. The van der Waals surface area contributed by atoms with Gasteiger partial charge in [0, 0.05) is 11.1 Å². The van der Waals surface area contributed by atoms with Crippen LogP contribution >= 0.6 is 0 Å². The summed E-state index contributed by atoms with van der Waals surface area (Å²) in [7, 11) is -0.0156. The van der Waals surface area contributed by atoms with Gasteiger partial charge in [0.2, 0.25) is 0 Å². The van der Waals surface area contributed by atoms with Crippen molar-refractivity contribution >= 4 is 16.8 Å². The highest BCUT2D eigenvalue weighted by Gasteiger charge is 2.09. The zero-order valence-corrected chi connectivity index (χ0v) is 11.5. The van der Waals surface area contributed by atoms with E-state index in [4.69, 9.17) is 0 Å². The molecule has 20 heavy (non-hydrogen) atoms. The number of benzene rings is 1. The van der Waals surface area contributed by atoms with E-state index in [1.807, 2.05) is 0 Å². The molecule has 4 nitrogen and oxygen atoms in total. The maximum Gasteiger partial charge on any atom is 0.339 e. The third-order valence-electron chi connectivity index (χ3n) is 2.60. The first-order chi connectivity index (χ1) is 9.60. The van der Waals surface area contributed by atoms with Crippen LogP contribution in [-0.4, -0.2) is 22.3 Å². The molecule has 0 saturated heterocycles. The van der Waals surface area contributed by atoms with Gasteiger partial charge in [0.25, 0.3) is 0 Å². The number of hydrogen-bond acceptors (Lipinski definition) is 4. The molecule has 0 amide bonds. The SMILES string of the molecule is COC(=O)c1ccc(CS(=O)c2ccc(F)cc2)nc1. The van der Waals surface area contributed by atoms with E-state index < -0.39 is 16.8 Å². The summed E-state index contributed by atoms with van der Waals surface area (Å²) in [5.41, 5.74) is 0.920. The highest BCUT2D eigenvalue weighted by molar-refractivity contribution is 7.84. The van der Waals surface area contributed by atoms with Crippen LogP contribution in [0, 0.1) is 5.82 Å². The Hall–Kier alpha value is -2.08. The largest absolute Gasteiger partial charge is 0.465 e. The van der Waals surface area contributed by atoms with Crippen LogP contribution in [0.2, 0.25) is 0 Å². The highest BCUT2D eigenvalue weighted by Crippen LogP contribution is 2.12. The van der Waals surface area contributed by atoms with Crippen molar-refractivity contribution in [1.82, 2.24) is 4.98 Å². The molecule has 0 aliphatic heterocycles. The molecular formula is C14H12FNO3S. The molecule has 6 heteroatoms. The first-order valence-electron chi connectivity index (χ1n) is 5.77. The zero-order valence-electron chi connectivity index (χ0n) is 10.7. The minimum atomic E-state index is -1.31. The molecule has 104 valence electrons. The van der Waals surface area contributed by atoms with Gasteiger partial charge < -0.3 is 4.74 Å². The van der Waals surface area contributed by atoms with Crippen LogP contribution in [0.25, 0.3) is 0 Å². The topological polar surface area (TPSA) is 56.3 Å².